The molecule has 2 N–H and O–H groups in total. The Morgan fingerprint density at radius 1 is 1.26 bits per heavy atom. The van der Waals surface area contributed by atoms with Gasteiger partial charge >= 0.3 is 0 Å². The fourth-order valence-corrected chi connectivity index (χ4v) is 3.27. The van der Waals surface area contributed by atoms with Gasteiger partial charge in [0.25, 0.3) is 0 Å². The van der Waals surface area contributed by atoms with Crippen LogP contribution in [-0.2, 0) is 4.79 Å². The number of aryl methyl sites for hydroxylation is 1. The molecular formula is C18H18N2O2S. The molecule has 2 aromatic carbocycles. The van der Waals surface area contributed by atoms with Gasteiger partial charge in [-0.2, -0.15) is 0 Å². The number of hydrogen-bond donors (Lipinski definition) is 2. The standard InChI is InChI=1S/C18H18N2O2S/c1-10(2)17(22)19-12-8-11(3)16(21)13(9-12)18-20-14-6-4-5-7-15(14)23-18/h4-10,21H,1-3H3,(H,19,22). The van der Waals surface area contributed by atoms with E-state index in [1.165, 1.54) is 11.3 Å². The third-order valence-corrected chi connectivity index (χ3v) is 4.69. The molecular weight excluding hydrogens is 308 g/mol. The number of aromatic nitrogens is 1. The molecule has 5 heteroatoms. The Morgan fingerprint density at radius 3 is 2.70 bits per heavy atom. The molecule has 0 bridgehead atoms. The Kier molecular flexibility index (Phi) is 4.05. The predicted octanol–water partition coefficient (Wildman–Crippen LogP) is 4.57. The minimum absolute atomic E-state index is 0.0506. The van der Waals surface area contributed by atoms with Gasteiger partial charge in [0.05, 0.1) is 15.8 Å². The highest BCUT2D eigenvalue weighted by Gasteiger charge is 2.15. The van der Waals surface area contributed by atoms with Crippen molar-refractivity contribution in [2.75, 3.05) is 5.32 Å². The zero-order valence-corrected chi connectivity index (χ0v) is 14.1. The lowest BCUT2D eigenvalue weighted by Crippen LogP contribution is -2.17. The second kappa shape index (κ2) is 6.01. The van der Waals surface area contributed by atoms with Crippen molar-refractivity contribution in [3.8, 4) is 16.3 Å². The first kappa shape index (κ1) is 15.5. The van der Waals surface area contributed by atoms with Crippen LogP contribution in [0, 0.1) is 12.8 Å². The number of benzene rings is 2. The summed E-state index contributed by atoms with van der Waals surface area (Å²) in [5, 5.41) is 14.0. The van der Waals surface area contributed by atoms with Gasteiger partial charge in [0.1, 0.15) is 10.8 Å². The minimum atomic E-state index is -0.102. The lowest BCUT2D eigenvalue weighted by molar-refractivity contribution is -0.118. The molecule has 0 aliphatic rings. The smallest absolute Gasteiger partial charge is 0.226 e. The molecule has 1 amide bonds. The fourth-order valence-electron chi connectivity index (χ4n) is 2.29. The van der Waals surface area contributed by atoms with Gasteiger partial charge in [-0.05, 0) is 36.8 Å². The Balaban J connectivity index is 2.07. The number of nitrogens with one attached hydrogen (secondary N) is 1. The summed E-state index contributed by atoms with van der Waals surface area (Å²) in [6, 6.07) is 11.4. The molecule has 0 saturated heterocycles. The third-order valence-electron chi connectivity index (χ3n) is 3.62. The van der Waals surface area contributed by atoms with E-state index in [4.69, 9.17) is 0 Å². The third kappa shape index (κ3) is 3.05. The Bertz CT molecular complexity index is 851. The number of rotatable bonds is 3. The van der Waals surface area contributed by atoms with Crippen LogP contribution in [0.2, 0.25) is 0 Å². The van der Waals surface area contributed by atoms with Crippen molar-refractivity contribution in [3.05, 3.63) is 42.0 Å². The van der Waals surface area contributed by atoms with E-state index in [-0.39, 0.29) is 17.6 Å². The van der Waals surface area contributed by atoms with Crippen molar-refractivity contribution < 1.29 is 9.90 Å². The van der Waals surface area contributed by atoms with Crippen LogP contribution in [0.5, 0.6) is 5.75 Å². The molecule has 118 valence electrons. The molecule has 23 heavy (non-hydrogen) atoms. The molecule has 0 unspecified atom stereocenters. The maximum Gasteiger partial charge on any atom is 0.226 e. The fraction of sp³-hybridized carbons (Fsp3) is 0.222. The van der Waals surface area contributed by atoms with Gasteiger partial charge in [0, 0.05) is 11.6 Å². The Labute approximate surface area is 138 Å². The zero-order chi connectivity index (χ0) is 16.6. The SMILES string of the molecule is Cc1cc(NC(=O)C(C)C)cc(-c2nc3ccccc3s2)c1O. The number of nitrogens with zero attached hydrogens (tertiary/aromatic N) is 1. The van der Waals surface area contributed by atoms with E-state index in [1.807, 2.05) is 45.0 Å². The van der Waals surface area contributed by atoms with Crippen LogP contribution < -0.4 is 5.32 Å². The van der Waals surface area contributed by atoms with E-state index >= 15 is 0 Å². The van der Waals surface area contributed by atoms with E-state index in [1.54, 1.807) is 12.1 Å². The Hall–Kier alpha value is -2.40. The maximum atomic E-state index is 11.9. The number of carbonyl (C=O) groups is 1. The molecule has 3 aromatic rings. The van der Waals surface area contributed by atoms with E-state index < -0.39 is 0 Å². The summed E-state index contributed by atoms with van der Waals surface area (Å²) < 4.78 is 1.07. The topological polar surface area (TPSA) is 62.2 Å². The minimum Gasteiger partial charge on any atom is -0.507 e. The first-order valence-electron chi connectivity index (χ1n) is 7.46. The van der Waals surface area contributed by atoms with Crippen molar-refractivity contribution in [3.63, 3.8) is 0 Å². The molecule has 1 heterocycles. The highest BCUT2D eigenvalue weighted by Crippen LogP contribution is 2.38. The van der Waals surface area contributed by atoms with Crippen LogP contribution in [0.1, 0.15) is 19.4 Å². The van der Waals surface area contributed by atoms with Crippen molar-refractivity contribution in [1.82, 2.24) is 4.98 Å². The van der Waals surface area contributed by atoms with Crippen LogP contribution in [0.3, 0.4) is 0 Å². The molecule has 0 spiro atoms. The number of para-hydroxylation sites is 1. The number of aromatic hydroxyl groups is 1. The molecule has 0 aliphatic heterocycles. The van der Waals surface area contributed by atoms with Crippen molar-refractivity contribution in [1.29, 1.82) is 0 Å². The second-order valence-corrected chi connectivity index (χ2v) is 6.85. The summed E-state index contributed by atoms with van der Waals surface area (Å²) >= 11 is 1.52. The summed E-state index contributed by atoms with van der Waals surface area (Å²) in [6.45, 7) is 5.51. The second-order valence-electron chi connectivity index (χ2n) is 5.82. The number of anilines is 1. The first-order chi connectivity index (χ1) is 11.0. The van der Waals surface area contributed by atoms with Gasteiger partial charge in [-0.15, -0.1) is 11.3 Å². The van der Waals surface area contributed by atoms with Gasteiger partial charge < -0.3 is 10.4 Å². The number of carbonyl (C=O) groups excluding carboxylic acids is 1. The summed E-state index contributed by atoms with van der Waals surface area (Å²) in [4.78, 5) is 16.5. The summed E-state index contributed by atoms with van der Waals surface area (Å²) in [6.07, 6.45) is 0. The summed E-state index contributed by atoms with van der Waals surface area (Å²) in [7, 11) is 0. The molecule has 3 rings (SSSR count). The van der Waals surface area contributed by atoms with Crippen LogP contribution in [-0.4, -0.2) is 16.0 Å². The highest BCUT2D eigenvalue weighted by molar-refractivity contribution is 7.21. The average molecular weight is 326 g/mol. The van der Waals surface area contributed by atoms with E-state index in [9.17, 15) is 9.90 Å². The monoisotopic (exact) mass is 326 g/mol. The van der Waals surface area contributed by atoms with Gasteiger partial charge in [-0.1, -0.05) is 26.0 Å². The number of amides is 1. The van der Waals surface area contributed by atoms with Crippen molar-refractivity contribution >= 4 is 33.1 Å². The van der Waals surface area contributed by atoms with Gasteiger partial charge in [0.2, 0.25) is 5.91 Å². The highest BCUT2D eigenvalue weighted by atomic mass is 32.1. The molecule has 1 aromatic heterocycles. The lowest BCUT2D eigenvalue weighted by Gasteiger charge is -2.12. The van der Waals surface area contributed by atoms with Crippen LogP contribution in [0.15, 0.2) is 36.4 Å². The largest absolute Gasteiger partial charge is 0.507 e. The molecule has 0 atom stereocenters. The molecule has 0 saturated carbocycles. The summed E-state index contributed by atoms with van der Waals surface area (Å²) in [5.41, 5.74) is 2.93. The van der Waals surface area contributed by atoms with Crippen molar-refractivity contribution in [2.45, 2.75) is 20.8 Å². The quantitative estimate of drug-likeness (QED) is 0.693. The molecule has 0 fully saturated rings. The molecule has 0 radical (unpaired) electrons. The normalized spacial score (nSPS) is 11.1. The lowest BCUT2D eigenvalue weighted by atomic mass is 10.1. The van der Waals surface area contributed by atoms with Gasteiger partial charge in [0.15, 0.2) is 0 Å². The maximum absolute atomic E-state index is 11.9. The van der Waals surface area contributed by atoms with Gasteiger partial charge in [-0.3, -0.25) is 4.79 Å². The number of hydrogen-bond acceptors (Lipinski definition) is 4. The van der Waals surface area contributed by atoms with Crippen LogP contribution in [0.25, 0.3) is 20.8 Å². The molecule has 4 nitrogen and oxygen atoms in total. The number of phenols is 1. The molecule has 0 aliphatic carbocycles. The van der Waals surface area contributed by atoms with E-state index in [0.717, 1.165) is 15.2 Å². The zero-order valence-electron chi connectivity index (χ0n) is 13.3. The first-order valence-corrected chi connectivity index (χ1v) is 8.28. The number of phenolic OH excluding ortho intramolecular Hbond substituents is 1. The van der Waals surface area contributed by atoms with Gasteiger partial charge in [-0.25, -0.2) is 4.98 Å². The average Bonchev–Trinajstić information content (AvgIpc) is 2.94. The van der Waals surface area contributed by atoms with Crippen LogP contribution in [0.4, 0.5) is 5.69 Å². The van der Waals surface area contributed by atoms with E-state index in [0.29, 0.717) is 16.8 Å². The Morgan fingerprint density at radius 2 is 2.00 bits per heavy atom. The van der Waals surface area contributed by atoms with E-state index in [2.05, 4.69) is 10.3 Å². The predicted molar refractivity (Wildman–Crippen MR) is 94.9 cm³/mol. The number of thiazole rings is 1. The van der Waals surface area contributed by atoms with Crippen LogP contribution >= 0.6 is 11.3 Å². The van der Waals surface area contributed by atoms with Crippen molar-refractivity contribution in [2.24, 2.45) is 5.92 Å². The summed E-state index contributed by atoms with van der Waals surface area (Å²) in [5.74, 6) is 0.0481. The number of fused-ring (bicyclic) bond motifs is 1.